The van der Waals surface area contributed by atoms with Gasteiger partial charge in [0.2, 0.25) is 0 Å². The van der Waals surface area contributed by atoms with Gasteiger partial charge in [0.25, 0.3) is 0 Å². The van der Waals surface area contributed by atoms with Crippen molar-refractivity contribution in [3.8, 4) is 0 Å². The molecule has 1 unspecified atom stereocenters. The van der Waals surface area contributed by atoms with Crippen molar-refractivity contribution in [3.63, 3.8) is 0 Å². The Kier molecular flexibility index (Phi) is 3.61. The summed E-state index contributed by atoms with van der Waals surface area (Å²) in [5, 5.41) is 0.0732. The van der Waals surface area contributed by atoms with E-state index in [0.29, 0.717) is 6.42 Å². The first-order valence-electron chi connectivity index (χ1n) is 3.92. The molecule has 76 valence electrons. The van der Waals surface area contributed by atoms with E-state index in [-0.39, 0.29) is 28.5 Å². The molecule has 1 aliphatic heterocycles. The molecule has 0 bridgehead atoms. The zero-order chi connectivity index (χ0) is 9.90. The van der Waals surface area contributed by atoms with Crippen LogP contribution in [0.3, 0.4) is 0 Å². The van der Waals surface area contributed by atoms with Gasteiger partial charge in [0.05, 0.1) is 24.4 Å². The molecular formula is C7H12O4S2. The maximum Gasteiger partial charge on any atom is 0.315 e. The molecule has 4 nitrogen and oxygen atoms in total. The second-order valence-corrected chi connectivity index (χ2v) is 6.43. The number of hydrogen-bond acceptors (Lipinski definition) is 5. The number of esters is 1. The third-order valence-electron chi connectivity index (χ3n) is 1.86. The van der Waals surface area contributed by atoms with Crippen molar-refractivity contribution >= 4 is 27.6 Å². The number of ether oxygens (including phenoxy) is 1. The van der Waals surface area contributed by atoms with Gasteiger partial charge in [0.15, 0.2) is 9.84 Å². The molecule has 1 heterocycles. The van der Waals surface area contributed by atoms with Crippen LogP contribution in [0.4, 0.5) is 0 Å². The van der Waals surface area contributed by atoms with Crippen LogP contribution in [0.1, 0.15) is 6.42 Å². The van der Waals surface area contributed by atoms with Crippen LogP contribution in [0.5, 0.6) is 0 Å². The van der Waals surface area contributed by atoms with E-state index in [4.69, 9.17) is 0 Å². The fourth-order valence-corrected chi connectivity index (χ4v) is 4.61. The molecule has 6 heteroatoms. The second kappa shape index (κ2) is 4.32. The number of sulfone groups is 1. The minimum absolute atomic E-state index is 0.0732. The van der Waals surface area contributed by atoms with Crippen molar-refractivity contribution in [2.75, 3.05) is 24.4 Å². The lowest BCUT2D eigenvalue weighted by molar-refractivity contribution is -0.137. The van der Waals surface area contributed by atoms with Gasteiger partial charge >= 0.3 is 5.97 Å². The first kappa shape index (κ1) is 10.8. The molecular weight excluding hydrogens is 212 g/mol. The van der Waals surface area contributed by atoms with Gasteiger partial charge in [0.1, 0.15) is 0 Å². The Morgan fingerprint density at radius 2 is 2.31 bits per heavy atom. The smallest absolute Gasteiger partial charge is 0.315 e. The van der Waals surface area contributed by atoms with E-state index in [0.717, 1.165) is 0 Å². The van der Waals surface area contributed by atoms with Crippen LogP contribution >= 0.6 is 11.8 Å². The van der Waals surface area contributed by atoms with Gasteiger partial charge in [-0.1, -0.05) is 0 Å². The molecule has 13 heavy (non-hydrogen) atoms. The highest BCUT2D eigenvalue weighted by atomic mass is 32.2. The Hall–Kier alpha value is -0.230. The van der Waals surface area contributed by atoms with Crippen molar-refractivity contribution < 1.29 is 17.9 Å². The third kappa shape index (κ3) is 3.56. The average Bonchev–Trinajstić information content (AvgIpc) is 2.41. The average molecular weight is 224 g/mol. The number of hydrogen-bond donors (Lipinski definition) is 0. The van der Waals surface area contributed by atoms with E-state index < -0.39 is 9.84 Å². The number of carbonyl (C=O) groups excluding carboxylic acids is 1. The summed E-state index contributed by atoms with van der Waals surface area (Å²) in [6.07, 6.45) is 0.657. The van der Waals surface area contributed by atoms with Crippen molar-refractivity contribution in [1.82, 2.24) is 0 Å². The Balaban J connectivity index is 2.29. The Labute approximate surface area is 81.9 Å². The van der Waals surface area contributed by atoms with E-state index in [1.807, 2.05) is 0 Å². The first-order valence-corrected chi connectivity index (χ1v) is 6.79. The zero-order valence-electron chi connectivity index (χ0n) is 7.36. The lowest BCUT2D eigenvalue weighted by Gasteiger charge is -2.04. The van der Waals surface area contributed by atoms with Gasteiger partial charge in [-0.05, 0) is 6.42 Å². The fraction of sp³-hybridized carbons (Fsp3) is 0.857. The molecule has 0 aliphatic carbocycles. The minimum Gasteiger partial charge on any atom is -0.468 e. The fourth-order valence-electron chi connectivity index (χ4n) is 1.14. The summed E-state index contributed by atoms with van der Waals surface area (Å²) in [7, 11) is -1.50. The van der Waals surface area contributed by atoms with Gasteiger partial charge in [-0.25, -0.2) is 8.42 Å². The van der Waals surface area contributed by atoms with Crippen LogP contribution in [0.15, 0.2) is 0 Å². The molecule has 0 aromatic carbocycles. The van der Waals surface area contributed by atoms with Crippen LogP contribution < -0.4 is 0 Å². The summed E-state index contributed by atoms with van der Waals surface area (Å²) < 4.78 is 26.5. The summed E-state index contributed by atoms with van der Waals surface area (Å²) in [5.41, 5.74) is 0. The molecule has 0 aromatic rings. The molecule has 1 rings (SSSR count). The van der Waals surface area contributed by atoms with Crippen molar-refractivity contribution in [2.45, 2.75) is 11.7 Å². The maximum atomic E-state index is 11.0. The van der Waals surface area contributed by atoms with Gasteiger partial charge < -0.3 is 4.74 Å². The summed E-state index contributed by atoms with van der Waals surface area (Å²) in [4.78, 5) is 10.7. The molecule has 1 atom stereocenters. The van der Waals surface area contributed by atoms with Gasteiger partial charge in [-0.15, -0.1) is 11.8 Å². The minimum atomic E-state index is -2.82. The highest BCUT2D eigenvalue weighted by molar-refractivity contribution is 8.02. The first-order chi connectivity index (χ1) is 6.03. The van der Waals surface area contributed by atoms with Crippen LogP contribution in [0.2, 0.25) is 0 Å². The zero-order valence-corrected chi connectivity index (χ0v) is 8.99. The predicted molar refractivity (Wildman–Crippen MR) is 51.5 cm³/mol. The number of thioether (sulfide) groups is 1. The van der Waals surface area contributed by atoms with E-state index in [1.54, 1.807) is 0 Å². The van der Waals surface area contributed by atoms with Crippen LogP contribution in [0.25, 0.3) is 0 Å². The van der Waals surface area contributed by atoms with E-state index in [9.17, 15) is 13.2 Å². The summed E-state index contributed by atoms with van der Waals surface area (Å²) in [6.45, 7) is 0. The molecule has 0 N–H and O–H groups in total. The standard InChI is InChI=1S/C7H12O4S2/c1-11-7(8)4-12-6-2-3-13(9,10)5-6/h6H,2-5H2,1H3. The van der Waals surface area contributed by atoms with E-state index in [1.165, 1.54) is 18.9 Å². The molecule has 0 spiro atoms. The molecule has 1 aliphatic rings. The van der Waals surface area contributed by atoms with Crippen molar-refractivity contribution in [2.24, 2.45) is 0 Å². The lowest BCUT2D eigenvalue weighted by Crippen LogP contribution is -2.11. The highest BCUT2D eigenvalue weighted by Gasteiger charge is 2.28. The highest BCUT2D eigenvalue weighted by Crippen LogP contribution is 2.24. The Morgan fingerprint density at radius 1 is 1.62 bits per heavy atom. The largest absolute Gasteiger partial charge is 0.468 e. The van der Waals surface area contributed by atoms with Crippen molar-refractivity contribution in [1.29, 1.82) is 0 Å². The van der Waals surface area contributed by atoms with Crippen LogP contribution in [-0.4, -0.2) is 44.0 Å². The van der Waals surface area contributed by atoms with Crippen LogP contribution in [-0.2, 0) is 19.4 Å². The topological polar surface area (TPSA) is 60.4 Å². The predicted octanol–water partition coefficient (Wildman–Crippen LogP) is 0.0797. The lowest BCUT2D eigenvalue weighted by atomic mass is 10.4. The van der Waals surface area contributed by atoms with Crippen LogP contribution in [0, 0.1) is 0 Å². The number of rotatable bonds is 3. The molecule has 1 fully saturated rings. The number of methoxy groups -OCH3 is 1. The van der Waals surface area contributed by atoms with E-state index >= 15 is 0 Å². The Morgan fingerprint density at radius 3 is 2.77 bits per heavy atom. The monoisotopic (exact) mass is 224 g/mol. The molecule has 0 saturated carbocycles. The summed E-state index contributed by atoms with van der Waals surface area (Å²) >= 11 is 1.37. The molecule has 0 amide bonds. The molecule has 0 radical (unpaired) electrons. The van der Waals surface area contributed by atoms with Crippen molar-refractivity contribution in [3.05, 3.63) is 0 Å². The van der Waals surface area contributed by atoms with Gasteiger partial charge in [-0.3, -0.25) is 4.79 Å². The quantitative estimate of drug-likeness (QED) is 0.635. The summed E-state index contributed by atoms with van der Waals surface area (Å²) in [6, 6.07) is 0. The maximum absolute atomic E-state index is 11.0. The van der Waals surface area contributed by atoms with Gasteiger partial charge in [-0.2, -0.15) is 0 Å². The van der Waals surface area contributed by atoms with Gasteiger partial charge in [0, 0.05) is 5.25 Å². The SMILES string of the molecule is COC(=O)CSC1CCS(=O)(=O)C1. The second-order valence-electron chi connectivity index (χ2n) is 2.91. The summed E-state index contributed by atoms with van der Waals surface area (Å²) in [5.74, 6) is 0.409. The molecule has 0 aromatic heterocycles. The normalized spacial score (nSPS) is 25.8. The molecule has 1 saturated heterocycles. The third-order valence-corrected chi connectivity index (χ3v) is 5.11. The Bertz CT molecular complexity index is 283. The number of carbonyl (C=O) groups is 1. The van der Waals surface area contributed by atoms with E-state index in [2.05, 4.69) is 4.74 Å².